The molecule has 0 unspecified atom stereocenters. The standard InChI is InChI=1S/C18H14N6O/c1-23-11-15-8-14(2-3-16(15)22-23)12-25-18-5-7-21-24(18)17-9-13(10-19)4-6-20-17/h2-9,11H,12H2,1H3. The van der Waals surface area contributed by atoms with Crippen molar-refractivity contribution in [1.82, 2.24) is 24.5 Å². The van der Waals surface area contributed by atoms with E-state index >= 15 is 0 Å². The first-order valence-corrected chi connectivity index (χ1v) is 7.68. The minimum Gasteiger partial charge on any atom is -0.473 e. The molecule has 0 bridgehead atoms. The summed E-state index contributed by atoms with van der Waals surface area (Å²) in [5.41, 5.74) is 2.51. The average Bonchev–Trinajstić information content (AvgIpc) is 3.24. The summed E-state index contributed by atoms with van der Waals surface area (Å²) in [6.07, 6.45) is 5.19. The quantitative estimate of drug-likeness (QED) is 0.574. The first kappa shape index (κ1) is 14.9. The third-order valence-corrected chi connectivity index (χ3v) is 3.77. The molecular weight excluding hydrogens is 316 g/mol. The summed E-state index contributed by atoms with van der Waals surface area (Å²) >= 11 is 0. The van der Waals surface area contributed by atoms with Crippen molar-refractivity contribution in [3.63, 3.8) is 0 Å². The van der Waals surface area contributed by atoms with Crippen molar-refractivity contribution in [3.8, 4) is 17.8 Å². The Morgan fingerprint density at radius 1 is 1.16 bits per heavy atom. The van der Waals surface area contributed by atoms with Crippen molar-refractivity contribution in [2.45, 2.75) is 6.61 Å². The number of aromatic nitrogens is 5. The molecule has 0 aliphatic heterocycles. The molecule has 0 aliphatic rings. The Bertz CT molecular complexity index is 1090. The van der Waals surface area contributed by atoms with Crippen molar-refractivity contribution in [2.75, 3.05) is 0 Å². The van der Waals surface area contributed by atoms with Crippen LogP contribution in [0.1, 0.15) is 11.1 Å². The Hall–Kier alpha value is -3.66. The smallest absolute Gasteiger partial charge is 0.218 e. The lowest BCUT2D eigenvalue weighted by atomic mass is 10.2. The minimum absolute atomic E-state index is 0.397. The van der Waals surface area contributed by atoms with Crippen LogP contribution >= 0.6 is 0 Å². The molecule has 122 valence electrons. The lowest BCUT2D eigenvalue weighted by Crippen LogP contribution is -2.05. The van der Waals surface area contributed by atoms with E-state index in [0.29, 0.717) is 23.9 Å². The second-order valence-corrected chi connectivity index (χ2v) is 5.58. The van der Waals surface area contributed by atoms with Crippen molar-refractivity contribution < 1.29 is 4.74 Å². The molecule has 0 saturated carbocycles. The molecule has 3 heterocycles. The van der Waals surface area contributed by atoms with Crippen LogP contribution in [-0.4, -0.2) is 24.5 Å². The maximum absolute atomic E-state index is 9.02. The molecule has 4 aromatic rings. The summed E-state index contributed by atoms with van der Waals surface area (Å²) in [5, 5.41) is 18.7. The van der Waals surface area contributed by atoms with Gasteiger partial charge in [0.2, 0.25) is 5.88 Å². The van der Waals surface area contributed by atoms with E-state index < -0.39 is 0 Å². The van der Waals surface area contributed by atoms with Gasteiger partial charge in [-0.05, 0) is 23.8 Å². The number of nitrogens with zero attached hydrogens (tertiary/aromatic N) is 6. The highest BCUT2D eigenvalue weighted by Gasteiger charge is 2.09. The highest BCUT2D eigenvalue weighted by molar-refractivity contribution is 5.78. The molecule has 1 aromatic carbocycles. The van der Waals surface area contributed by atoms with Crippen LogP contribution < -0.4 is 4.74 Å². The monoisotopic (exact) mass is 330 g/mol. The van der Waals surface area contributed by atoms with Crippen molar-refractivity contribution in [3.05, 3.63) is 66.1 Å². The van der Waals surface area contributed by atoms with Gasteiger partial charge in [-0.2, -0.15) is 20.1 Å². The first-order valence-electron chi connectivity index (χ1n) is 7.68. The molecule has 3 aromatic heterocycles. The van der Waals surface area contributed by atoms with Crippen molar-refractivity contribution >= 4 is 10.9 Å². The van der Waals surface area contributed by atoms with Crippen molar-refractivity contribution in [1.29, 1.82) is 5.26 Å². The molecule has 7 heteroatoms. The fourth-order valence-corrected chi connectivity index (χ4v) is 2.62. The van der Waals surface area contributed by atoms with E-state index in [9.17, 15) is 0 Å². The van der Waals surface area contributed by atoms with Crippen LogP contribution in [0.25, 0.3) is 16.7 Å². The van der Waals surface area contributed by atoms with E-state index in [-0.39, 0.29) is 0 Å². The average molecular weight is 330 g/mol. The van der Waals surface area contributed by atoms with Gasteiger partial charge in [-0.15, -0.1) is 0 Å². The zero-order chi connectivity index (χ0) is 17.2. The molecule has 0 N–H and O–H groups in total. The van der Waals surface area contributed by atoms with Gasteiger partial charge in [0.1, 0.15) is 6.61 Å². The number of nitriles is 1. The van der Waals surface area contributed by atoms with Gasteiger partial charge in [-0.1, -0.05) is 6.07 Å². The summed E-state index contributed by atoms with van der Waals surface area (Å²) in [6.45, 7) is 0.397. The largest absolute Gasteiger partial charge is 0.473 e. The highest BCUT2D eigenvalue weighted by Crippen LogP contribution is 2.19. The summed E-state index contributed by atoms with van der Waals surface area (Å²) in [6, 6.07) is 13.2. The van der Waals surface area contributed by atoms with Crippen LogP contribution in [0.15, 0.2) is 55.0 Å². The molecule has 0 spiro atoms. The molecule has 4 rings (SSSR count). The fourth-order valence-electron chi connectivity index (χ4n) is 2.62. The lowest BCUT2D eigenvalue weighted by Gasteiger charge is -2.09. The number of pyridine rings is 1. The fraction of sp³-hybridized carbons (Fsp3) is 0.111. The second-order valence-electron chi connectivity index (χ2n) is 5.58. The Balaban J connectivity index is 1.57. The molecule has 0 saturated heterocycles. The predicted molar refractivity (Wildman–Crippen MR) is 91.1 cm³/mol. The van der Waals surface area contributed by atoms with Crippen LogP contribution in [0, 0.1) is 11.3 Å². The third kappa shape index (κ3) is 2.93. The minimum atomic E-state index is 0.397. The summed E-state index contributed by atoms with van der Waals surface area (Å²) < 4.78 is 9.26. The predicted octanol–water partition coefficient (Wildman–Crippen LogP) is 2.60. The molecule has 0 amide bonds. The number of aryl methyl sites for hydroxylation is 1. The first-order chi connectivity index (χ1) is 12.2. The van der Waals surface area contributed by atoms with E-state index in [0.717, 1.165) is 16.5 Å². The third-order valence-electron chi connectivity index (χ3n) is 3.77. The number of ether oxygens (including phenoxy) is 1. The zero-order valence-electron chi connectivity index (χ0n) is 13.5. The SMILES string of the molecule is Cn1cc2cc(COc3ccnn3-c3cc(C#N)ccn3)ccc2n1. The van der Waals surface area contributed by atoms with Gasteiger partial charge in [0.25, 0.3) is 0 Å². The molecule has 0 aliphatic carbocycles. The zero-order valence-corrected chi connectivity index (χ0v) is 13.5. The molecule has 7 nitrogen and oxygen atoms in total. The topological polar surface area (TPSA) is 81.5 Å². The maximum Gasteiger partial charge on any atom is 0.218 e. The molecule has 0 atom stereocenters. The Morgan fingerprint density at radius 3 is 2.96 bits per heavy atom. The number of rotatable bonds is 4. The second kappa shape index (κ2) is 6.09. The van der Waals surface area contributed by atoms with E-state index in [2.05, 4.69) is 27.3 Å². The summed E-state index contributed by atoms with van der Waals surface area (Å²) in [4.78, 5) is 4.25. The Labute approximate surface area is 143 Å². The van der Waals surface area contributed by atoms with Gasteiger partial charge >= 0.3 is 0 Å². The maximum atomic E-state index is 9.02. The molecule has 0 fully saturated rings. The van der Waals surface area contributed by atoms with Crippen LogP contribution in [0.2, 0.25) is 0 Å². The van der Waals surface area contributed by atoms with Crippen LogP contribution in [0.5, 0.6) is 5.88 Å². The number of hydrogen-bond acceptors (Lipinski definition) is 5. The molecular formula is C18H14N6O. The summed E-state index contributed by atoms with van der Waals surface area (Å²) in [5.74, 6) is 1.11. The highest BCUT2D eigenvalue weighted by atomic mass is 16.5. The molecule has 25 heavy (non-hydrogen) atoms. The molecule has 0 radical (unpaired) electrons. The van der Waals surface area contributed by atoms with Gasteiger partial charge in [-0.3, -0.25) is 4.68 Å². The van der Waals surface area contributed by atoms with E-state index in [1.165, 1.54) is 0 Å². The number of fused-ring (bicyclic) bond motifs is 1. The van der Waals surface area contributed by atoms with Gasteiger partial charge < -0.3 is 4.74 Å². The number of benzene rings is 1. The van der Waals surface area contributed by atoms with E-state index in [1.54, 1.807) is 40.0 Å². The normalized spacial score (nSPS) is 10.7. The van der Waals surface area contributed by atoms with Gasteiger partial charge in [0.05, 0.1) is 23.3 Å². The van der Waals surface area contributed by atoms with Crippen molar-refractivity contribution in [2.24, 2.45) is 7.05 Å². The van der Waals surface area contributed by atoms with Crippen LogP contribution in [-0.2, 0) is 13.7 Å². The Kier molecular flexibility index (Phi) is 3.63. The summed E-state index contributed by atoms with van der Waals surface area (Å²) in [7, 11) is 1.90. The van der Waals surface area contributed by atoms with E-state index in [1.807, 2.05) is 25.4 Å². The van der Waals surface area contributed by atoms with Gasteiger partial charge in [0, 0.05) is 37.0 Å². The van der Waals surface area contributed by atoms with Crippen LogP contribution in [0.4, 0.5) is 0 Å². The van der Waals surface area contributed by atoms with Gasteiger partial charge in [0.15, 0.2) is 5.82 Å². The number of hydrogen-bond donors (Lipinski definition) is 0. The van der Waals surface area contributed by atoms with Crippen LogP contribution in [0.3, 0.4) is 0 Å². The Morgan fingerprint density at radius 2 is 2.08 bits per heavy atom. The lowest BCUT2D eigenvalue weighted by molar-refractivity contribution is 0.284. The van der Waals surface area contributed by atoms with E-state index in [4.69, 9.17) is 10.00 Å². The van der Waals surface area contributed by atoms with Gasteiger partial charge in [-0.25, -0.2) is 4.98 Å².